The molecule has 0 N–H and O–H groups in total. The van der Waals surface area contributed by atoms with Gasteiger partial charge in [-0.15, -0.1) is 8.19 Å². The van der Waals surface area contributed by atoms with Crippen molar-refractivity contribution >= 4 is 19.0 Å². The molecule has 0 amide bonds. The molecule has 2 rings (SSSR count). The second-order valence-electron chi connectivity index (χ2n) is 3.60. The van der Waals surface area contributed by atoms with E-state index in [9.17, 15) is 0 Å². The minimum Gasteiger partial charge on any atom is -0.135 e. The number of fused-ring (bicyclic) bond motifs is 1. The Balaban J connectivity index is 2.57. The highest BCUT2D eigenvalue weighted by Gasteiger charge is 2.07. The van der Waals surface area contributed by atoms with Crippen LogP contribution >= 0.6 is 8.19 Å². The van der Waals surface area contributed by atoms with Gasteiger partial charge in [0.15, 0.2) is 0 Å². The molecule has 0 fully saturated rings. The number of hydrogen-bond acceptors (Lipinski definition) is 0. The van der Waals surface area contributed by atoms with Crippen molar-refractivity contribution in [3.63, 3.8) is 0 Å². The third kappa shape index (κ3) is 1.51. The summed E-state index contributed by atoms with van der Waals surface area (Å²) >= 11 is 0. The van der Waals surface area contributed by atoms with Crippen molar-refractivity contribution in [2.75, 3.05) is 0 Å². The van der Waals surface area contributed by atoms with Crippen LogP contribution in [0.15, 0.2) is 30.1 Å². The highest BCUT2D eigenvalue weighted by atomic mass is 31.0. The Morgan fingerprint density at radius 2 is 2.08 bits per heavy atom. The predicted molar refractivity (Wildman–Crippen MR) is 62.2 cm³/mol. The number of hydrogen-bond donors (Lipinski definition) is 0. The Labute approximate surface area is 81.1 Å². The van der Waals surface area contributed by atoms with Gasteiger partial charge in [-0.2, -0.15) is 0 Å². The SMILES string of the molecule is CCC(C)c1[pH]cc2ccccc12. The lowest BCUT2D eigenvalue weighted by atomic mass is 10.0. The molecule has 2 aromatic rings. The van der Waals surface area contributed by atoms with Gasteiger partial charge >= 0.3 is 0 Å². The van der Waals surface area contributed by atoms with Crippen LogP contribution in [0.4, 0.5) is 0 Å². The Morgan fingerprint density at radius 3 is 2.85 bits per heavy atom. The summed E-state index contributed by atoms with van der Waals surface area (Å²) in [6.07, 6.45) is 1.25. The normalized spacial score (nSPS) is 14.0. The van der Waals surface area contributed by atoms with Crippen LogP contribution in [-0.4, -0.2) is 0 Å². The van der Waals surface area contributed by atoms with Gasteiger partial charge in [0.05, 0.1) is 0 Å². The first kappa shape index (κ1) is 8.84. The summed E-state index contributed by atoms with van der Waals surface area (Å²) < 4.78 is 0. The summed E-state index contributed by atoms with van der Waals surface area (Å²) in [5.41, 5.74) is 0. The minimum absolute atomic E-state index is 0.748. The van der Waals surface area contributed by atoms with Gasteiger partial charge < -0.3 is 0 Å². The van der Waals surface area contributed by atoms with Crippen molar-refractivity contribution in [2.24, 2.45) is 0 Å². The molecule has 1 heteroatoms. The number of benzene rings is 1. The monoisotopic (exact) mass is 190 g/mol. The summed E-state index contributed by atoms with van der Waals surface area (Å²) in [5, 5.41) is 4.59. The van der Waals surface area contributed by atoms with Crippen LogP contribution in [0.2, 0.25) is 0 Å². The summed E-state index contributed by atoms with van der Waals surface area (Å²) in [6, 6.07) is 8.75. The van der Waals surface area contributed by atoms with Gasteiger partial charge in [-0.3, -0.25) is 0 Å². The molecule has 68 valence electrons. The van der Waals surface area contributed by atoms with Gasteiger partial charge in [0.25, 0.3) is 0 Å². The third-order valence-corrected chi connectivity index (χ3v) is 4.27. The number of rotatable bonds is 2. The maximum absolute atomic E-state index is 2.37. The van der Waals surface area contributed by atoms with Gasteiger partial charge in [-0.1, -0.05) is 38.1 Å². The maximum atomic E-state index is 2.37. The lowest BCUT2D eigenvalue weighted by molar-refractivity contribution is 0.753. The van der Waals surface area contributed by atoms with Crippen LogP contribution < -0.4 is 0 Å². The smallest absolute Gasteiger partial charge is 0.0109 e. The quantitative estimate of drug-likeness (QED) is 0.659. The van der Waals surface area contributed by atoms with Crippen LogP contribution in [-0.2, 0) is 0 Å². The zero-order chi connectivity index (χ0) is 9.26. The molecule has 1 heterocycles. The fraction of sp³-hybridized carbons (Fsp3) is 0.333. The molecule has 0 saturated carbocycles. The molecule has 0 nitrogen and oxygen atoms in total. The van der Waals surface area contributed by atoms with Gasteiger partial charge in [-0.25, -0.2) is 0 Å². The second-order valence-corrected chi connectivity index (χ2v) is 4.71. The van der Waals surface area contributed by atoms with E-state index in [1.807, 2.05) is 0 Å². The largest absolute Gasteiger partial charge is 0.135 e. The summed E-state index contributed by atoms with van der Waals surface area (Å²) in [5.74, 6) is 3.12. The molecule has 0 aliphatic heterocycles. The predicted octanol–water partition coefficient (Wildman–Crippen LogP) is 4.38. The van der Waals surface area contributed by atoms with Crippen LogP contribution in [0.1, 0.15) is 31.5 Å². The van der Waals surface area contributed by atoms with Crippen LogP contribution in [0.25, 0.3) is 10.8 Å². The standard InChI is InChI=1S/C12H15P/c1-3-9(2)12-11-7-5-4-6-10(11)8-13-12/h4-9,13H,3H2,1-2H3. The molecule has 0 spiro atoms. The summed E-state index contributed by atoms with van der Waals surface area (Å²) in [4.78, 5) is 0. The molecule has 2 unspecified atom stereocenters. The van der Waals surface area contributed by atoms with Crippen LogP contribution in [0.3, 0.4) is 0 Å². The molecule has 0 radical (unpaired) electrons. The van der Waals surface area contributed by atoms with Crippen LogP contribution in [0, 0.1) is 0 Å². The molecule has 1 aromatic carbocycles. The zero-order valence-corrected chi connectivity index (χ0v) is 9.17. The van der Waals surface area contributed by atoms with Crippen molar-refractivity contribution in [3.05, 3.63) is 35.4 Å². The van der Waals surface area contributed by atoms with E-state index < -0.39 is 0 Å². The summed E-state index contributed by atoms with van der Waals surface area (Å²) in [6.45, 7) is 4.60. The molecule has 0 aliphatic rings. The topological polar surface area (TPSA) is 0 Å². The average molecular weight is 190 g/mol. The zero-order valence-electron chi connectivity index (χ0n) is 8.17. The molecule has 2 atom stereocenters. The highest BCUT2D eigenvalue weighted by molar-refractivity contribution is 7.31. The average Bonchev–Trinajstić information content (AvgIpc) is 2.60. The third-order valence-electron chi connectivity index (χ3n) is 2.74. The highest BCUT2D eigenvalue weighted by Crippen LogP contribution is 2.36. The lowest BCUT2D eigenvalue weighted by Gasteiger charge is -2.06. The Kier molecular flexibility index (Phi) is 2.42. The van der Waals surface area contributed by atoms with E-state index >= 15 is 0 Å². The molecular weight excluding hydrogens is 175 g/mol. The van der Waals surface area contributed by atoms with Crippen molar-refractivity contribution < 1.29 is 0 Å². The van der Waals surface area contributed by atoms with Gasteiger partial charge in [0.2, 0.25) is 0 Å². The molecule has 0 saturated heterocycles. The molecule has 0 aliphatic carbocycles. The molecule has 1 aromatic heterocycles. The first-order valence-electron chi connectivity index (χ1n) is 4.89. The van der Waals surface area contributed by atoms with E-state index in [1.165, 1.54) is 17.2 Å². The van der Waals surface area contributed by atoms with E-state index in [1.54, 1.807) is 5.30 Å². The Morgan fingerprint density at radius 1 is 1.31 bits per heavy atom. The van der Waals surface area contributed by atoms with E-state index in [0.717, 1.165) is 14.1 Å². The van der Waals surface area contributed by atoms with E-state index in [2.05, 4.69) is 43.9 Å². The first-order chi connectivity index (χ1) is 6.33. The molecule has 13 heavy (non-hydrogen) atoms. The molecular formula is C12H15P. The van der Waals surface area contributed by atoms with Crippen molar-refractivity contribution in [2.45, 2.75) is 26.2 Å². The lowest BCUT2D eigenvalue weighted by Crippen LogP contribution is -1.85. The van der Waals surface area contributed by atoms with E-state index in [4.69, 9.17) is 0 Å². The van der Waals surface area contributed by atoms with E-state index in [0.29, 0.717) is 0 Å². The van der Waals surface area contributed by atoms with Gasteiger partial charge in [0, 0.05) is 0 Å². The Bertz CT molecular complexity index is 400. The van der Waals surface area contributed by atoms with E-state index in [-0.39, 0.29) is 0 Å². The van der Waals surface area contributed by atoms with Crippen molar-refractivity contribution in [1.82, 2.24) is 0 Å². The van der Waals surface area contributed by atoms with Crippen molar-refractivity contribution in [1.29, 1.82) is 0 Å². The fourth-order valence-corrected chi connectivity index (χ4v) is 3.15. The fourth-order valence-electron chi connectivity index (χ4n) is 1.71. The summed E-state index contributed by atoms with van der Waals surface area (Å²) in [7, 11) is 0.916. The Hall–Kier alpha value is -0.740. The second kappa shape index (κ2) is 3.55. The van der Waals surface area contributed by atoms with Crippen LogP contribution in [0.5, 0.6) is 0 Å². The van der Waals surface area contributed by atoms with Gasteiger partial charge in [-0.05, 0) is 34.2 Å². The maximum Gasteiger partial charge on any atom is -0.0109 e. The van der Waals surface area contributed by atoms with Gasteiger partial charge in [0.1, 0.15) is 0 Å². The first-order valence-corrected chi connectivity index (χ1v) is 5.96. The van der Waals surface area contributed by atoms with Crippen molar-refractivity contribution in [3.8, 4) is 0 Å². The minimum atomic E-state index is 0.748. The molecule has 0 bridgehead atoms.